The molecule has 7 heteroatoms. The average Bonchev–Trinajstić information content (AvgIpc) is 3.10. The van der Waals surface area contributed by atoms with Crippen LogP contribution in [-0.2, 0) is 11.3 Å². The fourth-order valence-corrected chi connectivity index (χ4v) is 3.28. The Morgan fingerprint density at radius 1 is 1.12 bits per heavy atom. The van der Waals surface area contributed by atoms with Crippen LogP contribution < -0.4 is 19.7 Å². The minimum atomic E-state index is -0.0864. The SMILES string of the molecule is CC(=O)Nc1ccc(N2CCN(Cc3ccc4c(c3)OCO4)CC2)nc1. The van der Waals surface area contributed by atoms with Gasteiger partial charge in [0.05, 0.1) is 11.9 Å². The second kappa shape index (κ2) is 7.21. The van der Waals surface area contributed by atoms with Crippen LogP contribution in [0.3, 0.4) is 0 Å². The number of nitrogens with one attached hydrogen (secondary N) is 1. The molecule has 7 nitrogen and oxygen atoms in total. The molecule has 0 aliphatic carbocycles. The van der Waals surface area contributed by atoms with E-state index in [-0.39, 0.29) is 5.91 Å². The molecule has 3 heterocycles. The third-order valence-corrected chi connectivity index (χ3v) is 4.61. The smallest absolute Gasteiger partial charge is 0.231 e. The number of amides is 1. The largest absolute Gasteiger partial charge is 0.454 e. The molecule has 2 aromatic rings. The molecule has 0 radical (unpaired) electrons. The Morgan fingerprint density at radius 3 is 2.65 bits per heavy atom. The number of carbonyl (C=O) groups is 1. The van der Waals surface area contributed by atoms with Gasteiger partial charge in [-0.3, -0.25) is 9.69 Å². The van der Waals surface area contributed by atoms with Crippen molar-refractivity contribution in [3.63, 3.8) is 0 Å². The number of nitrogens with zero attached hydrogens (tertiary/aromatic N) is 3. The Hall–Kier alpha value is -2.80. The molecule has 1 N–H and O–H groups in total. The van der Waals surface area contributed by atoms with Crippen LogP contribution >= 0.6 is 0 Å². The number of pyridine rings is 1. The number of ether oxygens (including phenoxy) is 2. The minimum absolute atomic E-state index is 0.0864. The molecule has 0 atom stereocenters. The summed E-state index contributed by atoms with van der Waals surface area (Å²) in [5.74, 6) is 2.52. The van der Waals surface area contributed by atoms with Gasteiger partial charge in [-0.1, -0.05) is 6.07 Å². The highest BCUT2D eigenvalue weighted by Gasteiger charge is 2.19. The van der Waals surface area contributed by atoms with E-state index in [9.17, 15) is 4.79 Å². The van der Waals surface area contributed by atoms with E-state index in [2.05, 4.69) is 32.2 Å². The van der Waals surface area contributed by atoms with Crippen molar-refractivity contribution >= 4 is 17.4 Å². The molecular formula is C19H22N4O3. The van der Waals surface area contributed by atoms with Crippen LogP contribution in [0.25, 0.3) is 0 Å². The fourth-order valence-electron chi connectivity index (χ4n) is 3.28. The molecule has 1 fully saturated rings. The Bertz CT molecular complexity index is 786. The molecule has 0 bridgehead atoms. The lowest BCUT2D eigenvalue weighted by Gasteiger charge is -2.35. The van der Waals surface area contributed by atoms with Crippen molar-refractivity contribution in [3.8, 4) is 11.5 Å². The number of hydrogen-bond donors (Lipinski definition) is 1. The van der Waals surface area contributed by atoms with E-state index in [0.717, 1.165) is 55.7 Å². The summed E-state index contributed by atoms with van der Waals surface area (Å²) < 4.78 is 10.8. The first-order valence-corrected chi connectivity index (χ1v) is 8.77. The van der Waals surface area contributed by atoms with Crippen molar-refractivity contribution in [2.45, 2.75) is 13.5 Å². The Balaban J connectivity index is 1.32. The molecule has 2 aliphatic heterocycles. The summed E-state index contributed by atoms with van der Waals surface area (Å²) in [7, 11) is 0. The van der Waals surface area contributed by atoms with Gasteiger partial charge in [-0.05, 0) is 29.8 Å². The first kappa shape index (κ1) is 16.7. The number of carbonyl (C=O) groups excluding carboxylic acids is 1. The number of piperazine rings is 1. The van der Waals surface area contributed by atoms with Crippen LogP contribution in [0.1, 0.15) is 12.5 Å². The molecule has 0 saturated carbocycles. The predicted octanol–water partition coefficient (Wildman–Crippen LogP) is 2.09. The fraction of sp³-hybridized carbons (Fsp3) is 0.368. The molecule has 136 valence electrons. The van der Waals surface area contributed by atoms with E-state index in [0.29, 0.717) is 6.79 Å². The number of hydrogen-bond acceptors (Lipinski definition) is 6. The van der Waals surface area contributed by atoms with Crippen LogP contribution in [0.5, 0.6) is 11.5 Å². The van der Waals surface area contributed by atoms with Gasteiger partial charge in [0.25, 0.3) is 0 Å². The maximum Gasteiger partial charge on any atom is 0.231 e. The van der Waals surface area contributed by atoms with Crippen LogP contribution in [0, 0.1) is 0 Å². The zero-order valence-electron chi connectivity index (χ0n) is 14.8. The molecule has 1 saturated heterocycles. The lowest BCUT2D eigenvalue weighted by atomic mass is 10.1. The monoisotopic (exact) mass is 354 g/mol. The van der Waals surface area contributed by atoms with Crippen LogP contribution in [0.4, 0.5) is 11.5 Å². The third kappa shape index (κ3) is 3.72. The lowest BCUT2D eigenvalue weighted by molar-refractivity contribution is -0.114. The summed E-state index contributed by atoms with van der Waals surface area (Å²) in [4.78, 5) is 20.2. The second-order valence-corrected chi connectivity index (χ2v) is 6.54. The maximum absolute atomic E-state index is 11.1. The molecule has 2 aliphatic rings. The quantitative estimate of drug-likeness (QED) is 0.907. The molecule has 0 spiro atoms. The van der Waals surface area contributed by atoms with Crippen molar-refractivity contribution in [2.24, 2.45) is 0 Å². The number of anilines is 2. The van der Waals surface area contributed by atoms with Gasteiger partial charge >= 0.3 is 0 Å². The van der Waals surface area contributed by atoms with Crippen molar-refractivity contribution in [1.82, 2.24) is 9.88 Å². The molecule has 4 rings (SSSR count). The highest BCUT2D eigenvalue weighted by Crippen LogP contribution is 2.32. The Labute approximate surface area is 152 Å². The van der Waals surface area contributed by atoms with Crippen LogP contribution in [0.2, 0.25) is 0 Å². The summed E-state index contributed by atoms with van der Waals surface area (Å²) >= 11 is 0. The van der Waals surface area contributed by atoms with Gasteiger partial charge in [0.15, 0.2) is 11.5 Å². The first-order chi connectivity index (χ1) is 12.7. The normalized spacial score (nSPS) is 16.6. The van der Waals surface area contributed by atoms with Gasteiger partial charge in [0.2, 0.25) is 12.7 Å². The Morgan fingerprint density at radius 2 is 1.92 bits per heavy atom. The van der Waals surface area contributed by atoms with E-state index < -0.39 is 0 Å². The van der Waals surface area contributed by atoms with E-state index in [1.807, 2.05) is 18.2 Å². The molecule has 1 aromatic heterocycles. The predicted molar refractivity (Wildman–Crippen MR) is 98.6 cm³/mol. The van der Waals surface area contributed by atoms with Gasteiger partial charge in [0.1, 0.15) is 5.82 Å². The van der Waals surface area contributed by atoms with Crippen molar-refractivity contribution in [3.05, 3.63) is 42.1 Å². The summed E-state index contributed by atoms with van der Waals surface area (Å²) in [5.41, 5.74) is 1.96. The number of benzene rings is 1. The zero-order valence-corrected chi connectivity index (χ0v) is 14.8. The topological polar surface area (TPSA) is 66.9 Å². The summed E-state index contributed by atoms with van der Waals surface area (Å²) in [6, 6.07) is 10.00. The number of rotatable bonds is 4. The summed E-state index contributed by atoms with van der Waals surface area (Å²) in [5, 5.41) is 2.74. The van der Waals surface area contributed by atoms with Gasteiger partial charge in [-0.2, -0.15) is 0 Å². The van der Waals surface area contributed by atoms with E-state index in [1.165, 1.54) is 12.5 Å². The van der Waals surface area contributed by atoms with Crippen LogP contribution in [-0.4, -0.2) is 48.8 Å². The van der Waals surface area contributed by atoms with Crippen molar-refractivity contribution in [2.75, 3.05) is 43.2 Å². The van der Waals surface area contributed by atoms with E-state index >= 15 is 0 Å². The number of aromatic nitrogens is 1. The lowest BCUT2D eigenvalue weighted by Crippen LogP contribution is -2.46. The highest BCUT2D eigenvalue weighted by molar-refractivity contribution is 5.88. The summed E-state index contributed by atoms with van der Waals surface area (Å²) in [6.07, 6.45) is 1.70. The first-order valence-electron chi connectivity index (χ1n) is 8.77. The average molecular weight is 354 g/mol. The third-order valence-electron chi connectivity index (χ3n) is 4.61. The molecule has 0 unspecified atom stereocenters. The van der Waals surface area contributed by atoms with Crippen molar-refractivity contribution in [1.29, 1.82) is 0 Å². The van der Waals surface area contributed by atoms with Gasteiger partial charge in [0, 0.05) is 39.6 Å². The zero-order chi connectivity index (χ0) is 17.9. The highest BCUT2D eigenvalue weighted by atomic mass is 16.7. The Kier molecular flexibility index (Phi) is 4.62. The molecular weight excluding hydrogens is 332 g/mol. The minimum Gasteiger partial charge on any atom is -0.454 e. The van der Waals surface area contributed by atoms with Crippen molar-refractivity contribution < 1.29 is 14.3 Å². The standard InChI is InChI=1S/C19H22N4O3/c1-14(24)21-16-3-5-19(20-11-16)23-8-6-22(7-9-23)12-15-2-4-17-18(10-15)26-13-25-17/h2-5,10-11H,6-9,12-13H2,1H3,(H,21,24). The molecule has 1 amide bonds. The number of fused-ring (bicyclic) bond motifs is 1. The van der Waals surface area contributed by atoms with E-state index in [1.54, 1.807) is 6.20 Å². The van der Waals surface area contributed by atoms with Gasteiger partial charge in [-0.25, -0.2) is 4.98 Å². The van der Waals surface area contributed by atoms with Crippen LogP contribution in [0.15, 0.2) is 36.5 Å². The maximum atomic E-state index is 11.1. The van der Waals surface area contributed by atoms with E-state index in [4.69, 9.17) is 9.47 Å². The second-order valence-electron chi connectivity index (χ2n) is 6.54. The van der Waals surface area contributed by atoms with Gasteiger partial charge < -0.3 is 19.7 Å². The van der Waals surface area contributed by atoms with Gasteiger partial charge in [-0.15, -0.1) is 0 Å². The summed E-state index contributed by atoms with van der Waals surface area (Å²) in [6.45, 7) is 6.51. The molecule has 26 heavy (non-hydrogen) atoms. The molecule has 1 aromatic carbocycles.